The van der Waals surface area contributed by atoms with Gasteiger partial charge in [0.15, 0.2) is 5.96 Å². The van der Waals surface area contributed by atoms with Gasteiger partial charge in [-0.3, -0.25) is 10.1 Å². The van der Waals surface area contributed by atoms with Crippen LogP contribution < -0.4 is 10.6 Å². The minimum atomic E-state index is -0.411. The first-order chi connectivity index (χ1) is 10.4. The Labute approximate surface area is 130 Å². The number of hydrogen-bond acceptors (Lipinski definition) is 4. The van der Waals surface area contributed by atoms with E-state index in [-0.39, 0.29) is 11.3 Å². The van der Waals surface area contributed by atoms with E-state index in [1.54, 1.807) is 19.2 Å². The molecule has 0 bridgehead atoms. The molecular formula is C15H24N4O3. The average molecular weight is 308 g/mol. The van der Waals surface area contributed by atoms with Crippen molar-refractivity contribution in [2.24, 2.45) is 4.99 Å². The number of guanidine groups is 1. The second-order valence-corrected chi connectivity index (χ2v) is 5.44. The van der Waals surface area contributed by atoms with E-state index >= 15 is 0 Å². The summed E-state index contributed by atoms with van der Waals surface area (Å²) in [5.41, 5.74) is 0.706. The van der Waals surface area contributed by atoms with Crippen LogP contribution in [0.25, 0.3) is 0 Å². The first-order valence-corrected chi connectivity index (χ1v) is 7.18. The standard InChI is InChI=1S/C15H24N4O3/c1-5-16-14(18-11-15(2,3)22-4)17-10-12-6-8-13(9-7-12)19(20)21/h6-9H,5,10-11H2,1-4H3,(H2,16,17,18). The lowest BCUT2D eigenvalue weighted by atomic mass is 10.1. The molecule has 0 saturated carbocycles. The van der Waals surface area contributed by atoms with Gasteiger partial charge in [-0.2, -0.15) is 0 Å². The Balaban J connectivity index is 2.66. The Hall–Kier alpha value is -2.15. The molecular weight excluding hydrogens is 284 g/mol. The normalized spacial score (nSPS) is 12.1. The van der Waals surface area contributed by atoms with Crippen molar-refractivity contribution in [3.05, 3.63) is 39.9 Å². The van der Waals surface area contributed by atoms with Crippen molar-refractivity contribution in [1.29, 1.82) is 0 Å². The second-order valence-electron chi connectivity index (χ2n) is 5.44. The van der Waals surface area contributed by atoms with E-state index in [0.717, 1.165) is 12.1 Å². The van der Waals surface area contributed by atoms with Crippen LogP contribution >= 0.6 is 0 Å². The molecule has 0 saturated heterocycles. The molecule has 0 atom stereocenters. The highest BCUT2D eigenvalue weighted by Gasteiger charge is 2.16. The number of rotatable bonds is 7. The van der Waals surface area contributed by atoms with Gasteiger partial charge in [-0.05, 0) is 26.3 Å². The fraction of sp³-hybridized carbons (Fsp3) is 0.533. The van der Waals surface area contributed by atoms with Crippen molar-refractivity contribution >= 4 is 11.6 Å². The van der Waals surface area contributed by atoms with Gasteiger partial charge in [-0.1, -0.05) is 12.1 Å². The summed E-state index contributed by atoms with van der Waals surface area (Å²) >= 11 is 0. The van der Waals surface area contributed by atoms with Crippen LogP contribution in [-0.4, -0.2) is 36.7 Å². The number of non-ortho nitro benzene ring substituents is 1. The first kappa shape index (κ1) is 17.9. The van der Waals surface area contributed by atoms with Crippen molar-refractivity contribution < 1.29 is 9.66 Å². The third kappa shape index (κ3) is 6.09. The molecule has 0 amide bonds. The van der Waals surface area contributed by atoms with Crippen molar-refractivity contribution in [3.8, 4) is 0 Å². The van der Waals surface area contributed by atoms with E-state index in [4.69, 9.17) is 4.74 Å². The molecule has 0 aliphatic rings. The summed E-state index contributed by atoms with van der Waals surface area (Å²) in [6, 6.07) is 6.40. The fourth-order valence-electron chi connectivity index (χ4n) is 1.60. The monoisotopic (exact) mass is 308 g/mol. The number of nitro groups is 1. The quantitative estimate of drug-likeness (QED) is 0.348. The van der Waals surface area contributed by atoms with Crippen molar-refractivity contribution in [3.63, 3.8) is 0 Å². The summed E-state index contributed by atoms with van der Waals surface area (Å²) in [6.45, 7) is 7.78. The van der Waals surface area contributed by atoms with Crippen molar-refractivity contribution in [1.82, 2.24) is 10.6 Å². The predicted molar refractivity (Wildman–Crippen MR) is 87.0 cm³/mol. The molecule has 1 rings (SSSR count). The zero-order chi connectivity index (χ0) is 16.6. The first-order valence-electron chi connectivity index (χ1n) is 7.18. The van der Waals surface area contributed by atoms with Crippen LogP contribution in [-0.2, 0) is 11.3 Å². The number of nitrogens with one attached hydrogen (secondary N) is 2. The Morgan fingerprint density at radius 1 is 1.32 bits per heavy atom. The zero-order valence-corrected chi connectivity index (χ0v) is 13.5. The lowest BCUT2D eigenvalue weighted by Gasteiger charge is -2.24. The van der Waals surface area contributed by atoms with E-state index in [9.17, 15) is 10.1 Å². The van der Waals surface area contributed by atoms with Gasteiger partial charge in [0.2, 0.25) is 0 Å². The average Bonchev–Trinajstić information content (AvgIpc) is 2.50. The van der Waals surface area contributed by atoms with Gasteiger partial charge in [0, 0.05) is 32.3 Å². The van der Waals surface area contributed by atoms with Crippen LogP contribution in [0, 0.1) is 10.1 Å². The zero-order valence-electron chi connectivity index (χ0n) is 13.5. The topological polar surface area (TPSA) is 88.8 Å². The molecule has 0 aliphatic heterocycles. The molecule has 1 aromatic rings. The fourth-order valence-corrected chi connectivity index (χ4v) is 1.60. The van der Waals surface area contributed by atoms with E-state index in [1.165, 1.54) is 12.1 Å². The molecule has 2 N–H and O–H groups in total. The molecule has 22 heavy (non-hydrogen) atoms. The van der Waals surface area contributed by atoms with Gasteiger partial charge in [-0.25, -0.2) is 4.99 Å². The Bertz CT molecular complexity index is 512. The molecule has 0 aromatic heterocycles. The summed E-state index contributed by atoms with van der Waals surface area (Å²) < 4.78 is 5.36. The number of methoxy groups -OCH3 is 1. The molecule has 1 aromatic carbocycles. The number of hydrogen-bond donors (Lipinski definition) is 2. The van der Waals surface area contributed by atoms with Gasteiger partial charge < -0.3 is 15.4 Å². The maximum Gasteiger partial charge on any atom is 0.269 e. The van der Waals surface area contributed by atoms with E-state index in [2.05, 4.69) is 15.6 Å². The molecule has 122 valence electrons. The van der Waals surface area contributed by atoms with Crippen LogP contribution in [0.3, 0.4) is 0 Å². The number of ether oxygens (including phenoxy) is 1. The summed E-state index contributed by atoms with van der Waals surface area (Å²) in [6.07, 6.45) is 0. The highest BCUT2D eigenvalue weighted by atomic mass is 16.6. The molecule has 7 nitrogen and oxygen atoms in total. The Morgan fingerprint density at radius 2 is 1.95 bits per heavy atom. The molecule has 0 aliphatic carbocycles. The van der Waals surface area contributed by atoms with Gasteiger partial charge in [0.25, 0.3) is 5.69 Å². The molecule has 0 spiro atoms. The Kier molecular flexibility index (Phi) is 6.78. The number of nitro benzene ring substituents is 1. The SMILES string of the molecule is CCNC(=NCc1ccc([N+](=O)[O-])cc1)NCC(C)(C)OC. The summed E-state index contributed by atoms with van der Waals surface area (Å²) in [4.78, 5) is 14.7. The molecule has 0 heterocycles. The molecule has 0 radical (unpaired) electrons. The minimum Gasteiger partial charge on any atom is -0.377 e. The molecule has 7 heteroatoms. The van der Waals surface area contributed by atoms with Gasteiger partial charge in [0.1, 0.15) is 0 Å². The maximum atomic E-state index is 10.6. The van der Waals surface area contributed by atoms with Crippen molar-refractivity contribution in [2.75, 3.05) is 20.2 Å². The van der Waals surface area contributed by atoms with E-state index < -0.39 is 4.92 Å². The smallest absolute Gasteiger partial charge is 0.269 e. The minimum absolute atomic E-state index is 0.0830. The number of nitrogens with zero attached hydrogens (tertiary/aromatic N) is 2. The third-order valence-electron chi connectivity index (χ3n) is 3.15. The van der Waals surface area contributed by atoms with Crippen LogP contribution in [0.4, 0.5) is 5.69 Å². The van der Waals surface area contributed by atoms with Crippen LogP contribution in [0.15, 0.2) is 29.3 Å². The van der Waals surface area contributed by atoms with Crippen LogP contribution in [0.5, 0.6) is 0 Å². The summed E-state index contributed by atoms with van der Waals surface area (Å²) in [5, 5.41) is 17.0. The van der Waals surface area contributed by atoms with Crippen LogP contribution in [0.1, 0.15) is 26.3 Å². The van der Waals surface area contributed by atoms with Crippen LogP contribution in [0.2, 0.25) is 0 Å². The van der Waals surface area contributed by atoms with E-state index in [1.807, 2.05) is 20.8 Å². The summed E-state index contributed by atoms with van der Waals surface area (Å²) in [5.74, 6) is 0.686. The second kappa shape index (κ2) is 8.33. The maximum absolute atomic E-state index is 10.6. The van der Waals surface area contributed by atoms with Crippen molar-refractivity contribution in [2.45, 2.75) is 32.9 Å². The number of benzene rings is 1. The van der Waals surface area contributed by atoms with Gasteiger partial charge in [0.05, 0.1) is 17.1 Å². The molecule has 0 unspecified atom stereocenters. The predicted octanol–water partition coefficient (Wildman–Crippen LogP) is 2.07. The molecule has 0 fully saturated rings. The number of aliphatic imine (C=N–C) groups is 1. The lowest BCUT2D eigenvalue weighted by Crippen LogP contribution is -2.45. The summed E-state index contributed by atoms with van der Waals surface area (Å²) in [7, 11) is 1.67. The third-order valence-corrected chi connectivity index (χ3v) is 3.15. The highest BCUT2D eigenvalue weighted by molar-refractivity contribution is 5.79. The Morgan fingerprint density at radius 3 is 2.45 bits per heavy atom. The van der Waals surface area contributed by atoms with Gasteiger partial charge >= 0.3 is 0 Å². The van der Waals surface area contributed by atoms with E-state index in [0.29, 0.717) is 19.0 Å². The van der Waals surface area contributed by atoms with Gasteiger partial charge in [-0.15, -0.1) is 0 Å². The largest absolute Gasteiger partial charge is 0.377 e. The lowest BCUT2D eigenvalue weighted by molar-refractivity contribution is -0.384. The highest BCUT2D eigenvalue weighted by Crippen LogP contribution is 2.12.